The quantitative estimate of drug-likeness (QED) is 0.217. The molecule has 2 aromatic heterocycles. The number of sulfonamides is 1. The zero-order chi connectivity index (χ0) is 38.5. The average molecular weight is 767 g/mol. The lowest BCUT2D eigenvalue weighted by molar-refractivity contribution is -0.142. The molecule has 1 saturated carbocycles. The van der Waals surface area contributed by atoms with Gasteiger partial charge in [-0.3, -0.25) is 14.3 Å². The second kappa shape index (κ2) is 14.5. The lowest BCUT2D eigenvalue weighted by atomic mass is 9.81. The Morgan fingerprint density at radius 1 is 1.00 bits per heavy atom. The maximum absolute atomic E-state index is 14.2. The number of piperazine rings is 1. The largest absolute Gasteiger partial charge is 0.497 e. The molecule has 0 atom stereocenters. The molecule has 0 unspecified atom stereocenters. The Labute approximate surface area is 312 Å². The first-order valence-corrected chi connectivity index (χ1v) is 19.9. The van der Waals surface area contributed by atoms with Gasteiger partial charge in [0.25, 0.3) is 11.8 Å². The fourth-order valence-corrected chi connectivity index (χ4v) is 8.59. The van der Waals surface area contributed by atoms with Gasteiger partial charge in [0.1, 0.15) is 12.3 Å². The number of rotatable bonds is 8. The van der Waals surface area contributed by atoms with E-state index in [2.05, 4.69) is 14.7 Å². The summed E-state index contributed by atoms with van der Waals surface area (Å²) >= 11 is 0. The number of likely N-dealkylation sites (N-methyl/N-ethyl adjacent to an activating group) is 1. The molecular weight excluding hydrogens is 722 g/mol. The molecule has 4 heterocycles. The third-order valence-corrected chi connectivity index (χ3v) is 12.6. The summed E-state index contributed by atoms with van der Waals surface area (Å²) in [4.78, 5) is 31.4. The minimum atomic E-state index is -4.63. The van der Waals surface area contributed by atoms with Gasteiger partial charge in [-0.25, -0.2) is 13.1 Å². The standard InChI is InChI=1S/C39H45F3N6O5S/c1-24(2)54(51,52)44-37(49)26-10-12-31-33(20-26)47-22-28(18-27-19-29(53-4)11-13-30(27)36(47)34(31)25-8-6-5-7-9-25)35-32(21-43-48(35)23-39(40,41)42)38(50)46-16-14-45(3)15-17-46/h10-13,18-21,24-25H,5-9,14-17,22-23H2,1-4H3,(H,44,49). The Balaban J connectivity index is 1.47. The molecule has 1 aliphatic carbocycles. The zero-order valence-electron chi connectivity index (χ0n) is 30.9. The van der Waals surface area contributed by atoms with Gasteiger partial charge in [-0.1, -0.05) is 25.3 Å². The van der Waals surface area contributed by atoms with E-state index in [0.29, 0.717) is 48.6 Å². The number of halogens is 3. The number of benzene rings is 2. The van der Waals surface area contributed by atoms with Gasteiger partial charge in [-0.05, 0) is 92.8 Å². The molecule has 288 valence electrons. The van der Waals surface area contributed by atoms with Crippen LogP contribution in [0.4, 0.5) is 13.2 Å². The first kappa shape index (κ1) is 37.7. The van der Waals surface area contributed by atoms with Gasteiger partial charge in [0.05, 0.1) is 42.1 Å². The predicted octanol–water partition coefficient (Wildman–Crippen LogP) is 6.53. The van der Waals surface area contributed by atoms with Gasteiger partial charge >= 0.3 is 6.18 Å². The van der Waals surface area contributed by atoms with Crippen molar-refractivity contribution in [3.05, 3.63) is 70.5 Å². The lowest BCUT2D eigenvalue weighted by Gasteiger charge is -2.32. The molecule has 54 heavy (non-hydrogen) atoms. The van der Waals surface area contributed by atoms with Crippen molar-refractivity contribution in [3.63, 3.8) is 0 Å². The average Bonchev–Trinajstić information content (AvgIpc) is 3.63. The van der Waals surface area contributed by atoms with Crippen LogP contribution in [-0.4, -0.2) is 96.1 Å². The number of carbonyl (C=O) groups is 2. The summed E-state index contributed by atoms with van der Waals surface area (Å²) in [5.74, 6) is -0.456. The SMILES string of the molecule is COc1ccc2c(c1)C=C(c1c(C(=O)N3CCN(C)CC3)cnn1CC(F)(F)F)Cn1c-2c(C2CCCCC2)c2ccc(C(=O)NS(=O)(=O)C(C)C)cc21. The van der Waals surface area contributed by atoms with E-state index in [1.807, 2.05) is 42.0 Å². The molecule has 2 aromatic carbocycles. The third-order valence-electron chi connectivity index (χ3n) is 10.9. The number of ether oxygens (including phenoxy) is 1. The number of hydrogen-bond donors (Lipinski definition) is 1. The van der Waals surface area contributed by atoms with Crippen LogP contribution in [0.1, 0.15) is 89.4 Å². The number of allylic oxidation sites excluding steroid dienone is 1. The molecule has 0 radical (unpaired) electrons. The number of nitrogens with one attached hydrogen (secondary N) is 1. The summed E-state index contributed by atoms with van der Waals surface area (Å²) in [6, 6.07) is 10.8. The van der Waals surface area contributed by atoms with Crippen LogP contribution in [0.3, 0.4) is 0 Å². The van der Waals surface area contributed by atoms with Crippen molar-refractivity contribution in [3.8, 4) is 17.0 Å². The van der Waals surface area contributed by atoms with E-state index in [-0.39, 0.29) is 29.3 Å². The number of amides is 2. The number of carbonyl (C=O) groups excluding carboxylic acids is 2. The highest BCUT2D eigenvalue weighted by Gasteiger charge is 2.36. The van der Waals surface area contributed by atoms with Gasteiger partial charge in [0, 0.05) is 48.2 Å². The number of fused-ring (bicyclic) bond motifs is 5. The van der Waals surface area contributed by atoms with E-state index in [9.17, 15) is 31.2 Å². The highest BCUT2D eigenvalue weighted by molar-refractivity contribution is 7.90. The number of alkyl halides is 3. The second-order valence-electron chi connectivity index (χ2n) is 14.8. The second-order valence-corrected chi connectivity index (χ2v) is 17.1. The summed E-state index contributed by atoms with van der Waals surface area (Å²) in [6.45, 7) is 3.71. The van der Waals surface area contributed by atoms with Crippen LogP contribution in [0.5, 0.6) is 5.75 Å². The van der Waals surface area contributed by atoms with Crippen LogP contribution in [0, 0.1) is 0 Å². The highest BCUT2D eigenvalue weighted by atomic mass is 32.2. The zero-order valence-corrected chi connectivity index (χ0v) is 31.7. The Kier molecular flexibility index (Phi) is 10.2. The maximum Gasteiger partial charge on any atom is 0.408 e. The van der Waals surface area contributed by atoms with Crippen molar-refractivity contribution in [2.24, 2.45) is 0 Å². The van der Waals surface area contributed by atoms with Gasteiger partial charge in [0.15, 0.2) is 0 Å². The molecule has 0 bridgehead atoms. The van der Waals surface area contributed by atoms with Gasteiger partial charge < -0.3 is 19.1 Å². The third kappa shape index (κ3) is 7.27. The molecule has 2 aliphatic heterocycles. The van der Waals surface area contributed by atoms with Crippen LogP contribution in [0.2, 0.25) is 0 Å². The van der Waals surface area contributed by atoms with E-state index in [1.165, 1.54) is 20.0 Å². The van der Waals surface area contributed by atoms with Gasteiger partial charge in [-0.2, -0.15) is 18.3 Å². The van der Waals surface area contributed by atoms with Crippen LogP contribution < -0.4 is 9.46 Å². The highest BCUT2D eigenvalue weighted by Crippen LogP contribution is 2.48. The van der Waals surface area contributed by atoms with Gasteiger partial charge in [0.2, 0.25) is 10.0 Å². The fourth-order valence-electron chi connectivity index (χ4n) is 7.98. The van der Waals surface area contributed by atoms with E-state index in [1.54, 1.807) is 24.1 Å². The fraction of sp³-hybridized carbons (Fsp3) is 0.462. The predicted molar refractivity (Wildman–Crippen MR) is 201 cm³/mol. The van der Waals surface area contributed by atoms with Crippen LogP contribution in [-0.2, 0) is 23.1 Å². The molecule has 7 rings (SSSR count). The smallest absolute Gasteiger partial charge is 0.408 e. The topological polar surface area (TPSA) is 119 Å². The van der Waals surface area contributed by atoms with Crippen molar-refractivity contribution in [1.29, 1.82) is 0 Å². The Bertz CT molecular complexity index is 2240. The van der Waals surface area contributed by atoms with Crippen LogP contribution in [0.15, 0.2) is 42.6 Å². The Morgan fingerprint density at radius 2 is 1.72 bits per heavy atom. The van der Waals surface area contributed by atoms with Crippen molar-refractivity contribution in [1.82, 2.24) is 28.9 Å². The summed E-state index contributed by atoms with van der Waals surface area (Å²) in [5, 5.41) is 4.21. The first-order valence-electron chi connectivity index (χ1n) is 18.4. The summed E-state index contributed by atoms with van der Waals surface area (Å²) in [6.07, 6.45) is 3.50. The van der Waals surface area contributed by atoms with Crippen molar-refractivity contribution in [2.45, 2.75) is 76.4 Å². The molecule has 2 fully saturated rings. The Hall–Kier alpha value is -4.63. The molecule has 2 amide bonds. The monoisotopic (exact) mass is 766 g/mol. The van der Waals surface area contributed by atoms with Gasteiger partial charge in [-0.15, -0.1) is 0 Å². The van der Waals surface area contributed by atoms with Crippen molar-refractivity contribution >= 4 is 44.4 Å². The summed E-state index contributed by atoms with van der Waals surface area (Å²) in [5.41, 5.74) is 4.77. The minimum absolute atomic E-state index is 0.0392. The summed E-state index contributed by atoms with van der Waals surface area (Å²) in [7, 11) is -0.431. The molecule has 0 spiro atoms. The molecule has 4 aromatic rings. The molecule has 1 N–H and O–H groups in total. The van der Waals surface area contributed by atoms with Crippen LogP contribution >= 0.6 is 0 Å². The number of aromatic nitrogens is 3. The molecule has 15 heteroatoms. The van der Waals surface area contributed by atoms with E-state index in [4.69, 9.17) is 4.74 Å². The van der Waals surface area contributed by atoms with Crippen LogP contribution in [0.25, 0.3) is 33.8 Å². The van der Waals surface area contributed by atoms with E-state index >= 15 is 0 Å². The minimum Gasteiger partial charge on any atom is -0.497 e. The molecular formula is C39H45F3N6O5S. The normalized spacial score (nSPS) is 17.3. The molecule has 3 aliphatic rings. The number of nitrogens with zero attached hydrogens (tertiary/aromatic N) is 5. The van der Waals surface area contributed by atoms with E-state index in [0.717, 1.165) is 59.0 Å². The molecule has 11 nitrogen and oxygen atoms in total. The summed E-state index contributed by atoms with van der Waals surface area (Å²) < 4.78 is 78.6. The number of methoxy groups -OCH3 is 1. The maximum atomic E-state index is 14.2. The van der Waals surface area contributed by atoms with Crippen molar-refractivity contribution < 1.29 is 35.9 Å². The van der Waals surface area contributed by atoms with E-state index < -0.39 is 39.8 Å². The number of hydrogen-bond acceptors (Lipinski definition) is 7. The first-order chi connectivity index (χ1) is 25.6. The van der Waals surface area contributed by atoms with Crippen molar-refractivity contribution in [2.75, 3.05) is 40.3 Å². The lowest BCUT2D eigenvalue weighted by Crippen LogP contribution is -2.47. The Morgan fingerprint density at radius 3 is 2.39 bits per heavy atom. The molecule has 1 saturated heterocycles.